The van der Waals surface area contributed by atoms with E-state index in [-0.39, 0.29) is 12.1 Å². The van der Waals surface area contributed by atoms with Crippen LogP contribution in [0.5, 0.6) is 0 Å². The van der Waals surface area contributed by atoms with Gasteiger partial charge in [-0.15, -0.1) is 0 Å². The van der Waals surface area contributed by atoms with Gasteiger partial charge < -0.3 is 5.32 Å². The van der Waals surface area contributed by atoms with E-state index in [9.17, 15) is 8.78 Å². The number of halogens is 2. The zero-order valence-electron chi connectivity index (χ0n) is 9.88. The summed E-state index contributed by atoms with van der Waals surface area (Å²) in [6.07, 6.45) is 5.58. The van der Waals surface area contributed by atoms with Crippen LogP contribution in [0.25, 0.3) is 0 Å². The van der Waals surface area contributed by atoms with Gasteiger partial charge in [0.05, 0.1) is 0 Å². The highest BCUT2D eigenvalue weighted by Gasteiger charge is 2.26. The van der Waals surface area contributed by atoms with E-state index in [2.05, 4.69) is 11.6 Å². The van der Waals surface area contributed by atoms with Crippen molar-refractivity contribution in [3.05, 3.63) is 35.4 Å². The first-order chi connectivity index (χ1) is 8.22. The third-order valence-corrected chi connectivity index (χ3v) is 4.53. The Hall–Kier alpha value is -0.610. The fraction of sp³-hybridized carbons (Fsp3) is 0.538. The molecular formula is C13H17F2NS. The highest BCUT2D eigenvalue weighted by Crippen LogP contribution is 2.28. The summed E-state index contributed by atoms with van der Waals surface area (Å²) >= 11 is 1.83. The Morgan fingerprint density at radius 3 is 2.65 bits per heavy atom. The van der Waals surface area contributed by atoms with E-state index in [1.165, 1.54) is 31.0 Å². The fourth-order valence-electron chi connectivity index (χ4n) is 2.38. The van der Waals surface area contributed by atoms with Gasteiger partial charge in [-0.05, 0) is 31.2 Å². The molecular weight excluding hydrogens is 240 g/mol. The molecule has 1 saturated carbocycles. The molecule has 1 fully saturated rings. The molecule has 1 N–H and O–H groups in total. The second-order valence-corrected chi connectivity index (χ2v) is 5.47. The molecule has 0 aliphatic heterocycles. The maximum Gasteiger partial charge on any atom is 0.130 e. The number of nitrogens with one attached hydrogen (secondary N) is 1. The number of thioether (sulfide) groups is 1. The third kappa shape index (κ3) is 2.99. The molecule has 0 aromatic heterocycles. The molecule has 94 valence electrons. The number of hydrogen-bond donors (Lipinski definition) is 1. The average Bonchev–Trinajstić information content (AvgIpc) is 2.76. The molecule has 1 aromatic rings. The van der Waals surface area contributed by atoms with Crippen LogP contribution in [0, 0.1) is 11.6 Å². The summed E-state index contributed by atoms with van der Waals surface area (Å²) in [5.41, 5.74) is 0.152. The molecule has 0 bridgehead atoms. The van der Waals surface area contributed by atoms with E-state index >= 15 is 0 Å². The predicted octanol–water partition coefficient (Wildman–Crippen LogP) is 3.34. The third-order valence-electron chi connectivity index (χ3n) is 3.36. The lowest BCUT2D eigenvalue weighted by Gasteiger charge is -2.19. The Morgan fingerprint density at radius 1 is 1.29 bits per heavy atom. The van der Waals surface area contributed by atoms with E-state index < -0.39 is 11.6 Å². The Bertz CT molecular complexity index is 363. The topological polar surface area (TPSA) is 12.0 Å². The summed E-state index contributed by atoms with van der Waals surface area (Å²) in [6.45, 7) is 0.278. The van der Waals surface area contributed by atoms with Gasteiger partial charge in [0.2, 0.25) is 0 Å². The summed E-state index contributed by atoms with van der Waals surface area (Å²) < 4.78 is 26.8. The zero-order valence-corrected chi connectivity index (χ0v) is 10.7. The Kier molecular flexibility index (Phi) is 4.40. The molecule has 0 heterocycles. The average molecular weight is 257 g/mol. The van der Waals surface area contributed by atoms with Crippen molar-refractivity contribution in [2.45, 2.75) is 37.1 Å². The van der Waals surface area contributed by atoms with E-state index in [0.717, 1.165) is 6.42 Å². The van der Waals surface area contributed by atoms with Crippen LogP contribution in [0.1, 0.15) is 24.8 Å². The SMILES string of the molecule is CSC1CCCC1NCc1c(F)cccc1F. The van der Waals surface area contributed by atoms with Gasteiger partial charge in [0, 0.05) is 23.4 Å². The molecule has 1 aliphatic carbocycles. The van der Waals surface area contributed by atoms with E-state index in [1.807, 2.05) is 11.8 Å². The lowest BCUT2D eigenvalue weighted by molar-refractivity contribution is 0.491. The maximum atomic E-state index is 13.4. The van der Waals surface area contributed by atoms with Crippen LogP contribution in [0.4, 0.5) is 8.78 Å². The predicted molar refractivity (Wildman–Crippen MR) is 68.1 cm³/mol. The molecule has 2 rings (SSSR count). The highest BCUT2D eigenvalue weighted by molar-refractivity contribution is 7.99. The van der Waals surface area contributed by atoms with Gasteiger partial charge in [-0.2, -0.15) is 11.8 Å². The Balaban J connectivity index is 1.98. The molecule has 0 amide bonds. The first-order valence-electron chi connectivity index (χ1n) is 5.91. The maximum absolute atomic E-state index is 13.4. The van der Waals surface area contributed by atoms with Gasteiger partial charge in [0.1, 0.15) is 11.6 Å². The number of hydrogen-bond acceptors (Lipinski definition) is 2. The minimum atomic E-state index is -0.462. The van der Waals surface area contributed by atoms with Gasteiger partial charge >= 0.3 is 0 Å². The molecule has 1 aliphatic rings. The van der Waals surface area contributed by atoms with Crippen LogP contribution in [-0.4, -0.2) is 17.5 Å². The summed E-state index contributed by atoms with van der Waals surface area (Å²) in [5, 5.41) is 3.85. The fourth-order valence-corrected chi connectivity index (χ4v) is 3.34. The van der Waals surface area contributed by atoms with Crippen molar-refractivity contribution in [2.24, 2.45) is 0 Å². The van der Waals surface area contributed by atoms with Crippen molar-refractivity contribution >= 4 is 11.8 Å². The highest BCUT2D eigenvalue weighted by atomic mass is 32.2. The lowest BCUT2D eigenvalue weighted by Crippen LogP contribution is -2.33. The lowest BCUT2D eigenvalue weighted by atomic mass is 10.1. The molecule has 0 radical (unpaired) electrons. The van der Waals surface area contributed by atoms with Crippen molar-refractivity contribution in [2.75, 3.05) is 6.26 Å². The minimum Gasteiger partial charge on any atom is -0.309 e. The van der Waals surface area contributed by atoms with E-state index in [0.29, 0.717) is 11.3 Å². The van der Waals surface area contributed by atoms with Crippen LogP contribution >= 0.6 is 11.8 Å². The second-order valence-electron chi connectivity index (χ2n) is 4.39. The molecule has 2 unspecified atom stereocenters. The largest absolute Gasteiger partial charge is 0.309 e. The zero-order chi connectivity index (χ0) is 12.3. The minimum absolute atomic E-state index is 0.152. The monoisotopic (exact) mass is 257 g/mol. The van der Waals surface area contributed by atoms with Crippen molar-refractivity contribution in [3.8, 4) is 0 Å². The van der Waals surface area contributed by atoms with Crippen LogP contribution in [0.15, 0.2) is 18.2 Å². The van der Waals surface area contributed by atoms with E-state index in [1.54, 1.807) is 0 Å². The smallest absolute Gasteiger partial charge is 0.130 e. The summed E-state index contributed by atoms with van der Waals surface area (Å²) in [7, 11) is 0. The van der Waals surface area contributed by atoms with Gasteiger partial charge in [-0.3, -0.25) is 0 Å². The number of rotatable bonds is 4. The molecule has 1 nitrogen and oxygen atoms in total. The van der Waals surface area contributed by atoms with Crippen molar-refractivity contribution in [1.82, 2.24) is 5.32 Å². The van der Waals surface area contributed by atoms with Gasteiger partial charge in [0.25, 0.3) is 0 Å². The molecule has 0 saturated heterocycles. The van der Waals surface area contributed by atoms with Crippen molar-refractivity contribution in [3.63, 3.8) is 0 Å². The van der Waals surface area contributed by atoms with Crippen molar-refractivity contribution < 1.29 is 8.78 Å². The van der Waals surface area contributed by atoms with Gasteiger partial charge in [-0.1, -0.05) is 12.5 Å². The second kappa shape index (κ2) is 5.83. The molecule has 0 spiro atoms. The van der Waals surface area contributed by atoms with E-state index in [4.69, 9.17) is 0 Å². The Labute approximate surface area is 105 Å². The van der Waals surface area contributed by atoms with Gasteiger partial charge in [0.15, 0.2) is 0 Å². The summed E-state index contributed by atoms with van der Waals surface area (Å²) in [4.78, 5) is 0. The van der Waals surface area contributed by atoms with Crippen LogP contribution in [0.2, 0.25) is 0 Å². The molecule has 2 atom stereocenters. The van der Waals surface area contributed by atoms with Crippen molar-refractivity contribution in [1.29, 1.82) is 0 Å². The number of benzene rings is 1. The summed E-state index contributed by atoms with van der Waals surface area (Å²) in [5.74, 6) is -0.924. The standard InChI is InChI=1S/C13H17F2NS/c1-17-13-7-3-6-12(13)16-8-9-10(14)4-2-5-11(9)15/h2,4-5,12-13,16H,3,6-8H2,1H3. The first kappa shape index (κ1) is 12.8. The normalized spacial score (nSPS) is 24.2. The molecule has 4 heteroatoms. The van der Waals surface area contributed by atoms with Crippen LogP contribution in [0.3, 0.4) is 0 Å². The van der Waals surface area contributed by atoms with Gasteiger partial charge in [-0.25, -0.2) is 8.78 Å². The first-order valence-corrected chi connectivity index (χ1v) is 7.20. The Morgan fingerprint density at radius 2 is 2.00 bits per heavy atom. The molecule has 1 aromatic carbocycles. The quantitative estimate of drug-likeness (QED) is 0.888. The van der Waals surface area contributed by atoms with Crippen LogP contribution < -0.4 is 5.32 Å². The molecule has 17 heavy (non-hydrogen) atoms. The van der Waals surface area contributed by atoms with Crippen LogP contribution in [-0.2, 0) is 6.54 Å². The summed E-state index contributed by atoms with van der Waals surface area (Å²) in [6, 6.07) is 4.39.